The van der Waals surface area contributed by atoms with Crippen LogP contribution in [0.4, 0.5) is 0 Å². The summed E-state index contributed by atoms with van der Waals surface area (Å²) in [5, 5.41) is 21.6. The number of aliphatic hydroxyl groups is 2. The topological polar surface area (TPSA) is 52.9 Å². The van der Waals surface area contributed by atoms with Gasteiger partial charge in [0.2, 0.25) is 0 Å². The van der Waals surface area contributed by atoms with E-state index in [1.165, 1.54) is 36.1 Å². The van der Waals surface area contributed by atoms with Crippen molar-refractivity contribution in [1.82, 2.24) is 4.90 Å². The molecule has 32 heavy (non-hydrogen) atoms. The van der Waals surface area contributed by atoms with Crippen molar-refractivity contribution in [2.45, 2.75) is 101 Å². The van der Waals surface area contributed by atoms with Crippen LogP contribution in [0.3, 0.4) is 0 Å². The minimum Gasteiger partial charge on any atom is -0.393 e. The van der Waals surface area contributed by atoms with E-state index in [4.69, 9.17) is 4.74 Å². The Balaban J connectivity index is 1.38. The minimum atomic E-state index is -0.299. The molecule has 3 heterocycles. The third kappa shape index (κ3) is 2.33. The van der Waals surface area contributed by atoms with Crippen molar-refractivity contribution >= 4 is 0 Å². The molecule has 2 bridgehead atoms. The summed E-state index contributed by atoms with van der Waals surface area (Å²) < 4.78 is 6.55. The van der Waals surface area contributed by atoms with E-state index in [1.807, 2.05) is 7.11 Å². The fourth-order valence-electron chi connectivity index (χ4n) is 9.91. The lowest BCUT2D eigenvalue weighted by molar-refractivity contribution is -0.149. The summed E-state index contributed by atoms with van der Waals surface area (Å²) in [6.07, 6.45) is 7.91. The molecule has 1 aromatic rings. The molecule has 2 N–H and O–H groups in total. The fourth-order valence-corrected chi connectivity index (χ4v) is 9.91. The number of hydrogen-bond acceptors (Lipinski definition) is 4. The molecule has 10 atom stereocenters. The Morgan fingerprint density at radius 1 is 1.06 bits per heavy atom. The number of ether oxygens (including phenoxy) is 1. The summed E-state index contributed by atoms with van der Waals surface area (Å²) in [7, 11) is 1.95. The molecule has 3 aliphatic heterocycles. The van der Waals surface area contributed by atoms with Gasteiger partial charge >= 0.3 is 0 Å². The highest BCUT2D eigenvalue weighted by molar-refractivity contribution is 5.53. The molecule has 174 valence electrons. The van der Waals surface area contributed by atoms with E-state index in [2.05, 4.69) is 30.9 Å². The Kier molecular flexibility index (Phi) is 4.21. The summed E-state index contributed by atoms with van der Waals surface area (Å²) in [4.78, 5) is 2.74. The second-order valence-electron chi connectivity index (χ2n) is 12.5. The highest BCUT2D eigenvalue weighted by atomic mass is 16.5. The fraction of sp³-hybridized carbons (Fsp3) is 0.786. The van der Waals surface area contributed by atoms with E-state index in [9.17, 15) is 10.2 Å². The van der Waals surface area contributed by atoms with Gasteiger partial charge in [-0.25, -0.2) is 0 Å². The summed E-state index contributed by atoms with van der Waals surface area (Å²) in [6, 6.07) is 5.48. The maximum Gasteiger partial charge on any atom is 0.148 e. The predicted molar refractivity (Wildman–Crippen MR) is 123 cm³/mol. The van der Waals surface area contributed by atoms with Gasteiger partial charge in [0.25, 0.3) is 0 Å². The van der Waals surface area contributed by atoms with E-state index < -0.39 is 0 Å². The zero-order valence-corrected chi connectivity index (χ0v) is 19.9. The van der Waals surface area contributed by atoms with Crippen LogP contribution in [0.15, 0.2) is 12.1 Å². The molecule has 4 heteroatoms. The first-order valence-corrected chi connectivity index (χ1v) is 13.2. The van der Waals surface area contributed by atoms with E-state index in [0.29, 0.717) is 23.8 Å². The summed E-state index contributed by atoms with van der Waals surface area (Å²) >= 11 is 0. The van der Waals surface area contributed by atoms with Crippen molar-refractivity contribution in [1.29, 1.82) is 0 Å². The van der Waals surface area contributed by atoms with Gasteiger partial charge in [-0.2, -0.15) is 0 Å². The average molecular weight is 438 g/mol. The molecule has 4 fully saturated rings. The lowest BCUT2D eigenvalue weighted by Gasteiger charge is -2.55. The summed E-state index contributed by atoms with van der Waals surface area (Å²) in [6.45, 7) is 6.06. The van der Waals surface area contributed by atoms with Crippen LogP contribution in [0.1, 0.15) is 92.9 Å². The van der Waals surface area contributed by atoms with Gasteiger partial charge in [-0.1, -0.05) is 26.0 Å². The molecule has 6 aliphatic rings. The second-order valence-corrected chi connectivity index (χ2v) is 12.5. The van der Waals surface area contributed by atoms with Gasteiger partial charge in [0.1, 0.15) is 5.72 Å². The molecule has 0 amide bonds. The number of fused-ring (bicyclic) bond motifs is 9. The van der Waals surface area contributed by atoms with Crippen molar-refractivity contribution in [3.63, 3.8) is 0 Å². The molecule has 7 rings (SSSR count). The lowest BCUT2D eigenvalue weighted by atomic mass is 9.51. The predicted octanol–water partition coefficient (Wildman–Crippen LogP) is 4.28. The van der Waals surface area contributed by atoms with Crippen LogP contribution < -0.4 is 0 Å². The van der Waals surface area contributed by atoms with Crippen molar-refractivity contribution < 1.29 is 14.9 Å². The lowest BCUT2D eigenvalue weighted by Crippen LogP contribution is -2.55. The molecule has 3 aliphatic carbocycles. The Hall–Kier alpha value is -0.940. The monoisotopic (exact) mass is 437 g/mol. The van der Waals surface area contributed by atoms with Crippen LogP contribution in [0.5, 0.6) is 0 Å². The smallest absolute Gasteiger partial charge is 0.148 e. The molecular formula is C28H39NO3. The first kappa shape index (κ1) is 20.4. The van der Waals surface area contributed by atoms with Gasteiger partial charge < -0.3 is 14.9 Å². The zero-order chi connectivity index (χ0) is 22.0. The minimum absolute atomic E-state index is 0.113. The van der Waals surface area contributed by atoms with Crippen molar-refractivity contribution in [2.24, 2.45) is 23.2 Å². The number of nitrogens with zero attached hydrogens (tertiary/aromatic N) is 1. The van der Waals surface area contributed by atoms with Crippen LogP contribution in [0.25, 0.3) is 0 Å². The van der Waals surface area contributed by atoms with E-state index in [1.54, 1.807) is 5.56 Å². The third-order valence-electron chi connectivity index (χ3n) is 11.4. The van der Waals surface area contributed by atoms with E-state index in [-0.39, 0.29) is 29.3 Å². The maximum atomic E-state index is 11.2. The largest absolute Gasteiger partial charge is 0.393 e. The molecule has 1 aromatic carbocycles. The molecule has 0 spiro atoms. The maximum absolute atomic E-state index is 11.2. The summed E-state index contributed by atoms with van der Waals surface area (Å²) in [5.41, 5.74) is 6.00. The van der Waals surface area contributed by atoms with Crippen LogP contribution in [-0.2, 0) is 16.9 Å². The molecule has 0 unspecified atom stereocenters. The van der Waals surface area contributed by atoms with Crippen LogP contribution in [0, 0.1) is 23.2 Å². The Morgan fingerprint density at radius 2 is 1.88 bits per heavy atom. The SMILES string of the molecule is CO[C@@]12C[C@@H]3CC[C@@H]([C@H](C)c4ccc5c(c41)C[C@H]1[C@H]5C[C@@H](O)[C@H]4C[C@@H](O)CC[C@@]41C)N2C3. The summed E-state index contributed by atoms with van der Waals surface area (Å²) in [5.74, 6) is 2.56. The first-order valence-electron chi connectivity index (χ1n) is 13.2. The highest BCUT2D eigenvalue weighted by Gasteiger charge is 2.61. The first-order chi connectivity index (χ1) is 15.4. The normalized spacial score (nSPS) is 51.0. The van der Waals surface area contributed by atoms with Crippen molar-refractivity contribution in [3.8, 4) is 0 Å². The molecular weight excluding hydrogens is 398 g/mol. The number of benzene rings is 1. The van der Waals surface area contributed by atoms with Crippen molar-refractivity contribution in [2.75, 3.05) is 13.7 Å². The molecule has 2 saturated heterocycles. The standard InChI is InChI=1S/C28H39NO3/c1-15-18-5-6-19-20-12-25(31)23-10-17(30)8-9-27(23,2)22(20)11-21(19)26(18)28(32-3)13-16-4-7-24(15)29(28)14-16/h5-6,15-17,20,22-25,30-31H,4,7-14H2,1-3H3/t15-,16+,17+,20+,22+,23-,24+,25-,27-,28+/m1/s1. The van der Waals surface area contributed by atoms with Gasteiger partial charge in [0, 0.05) is 25.3 Å². The van der Waals surface area contributed by atoms with Crippen LogP contribution in [0.2, 0.25) is 0 Å². The van der Waals surface area contributed by atoms with Gasteiger partial charge in [-0.15, -0.1) is 0 Å². The van der Waals surface area contributed by atoms with Gasteiger partial charge in [-0.05, 0) is 103 Å². The highest BCUT2D eigenvalue weighted by Crippen LogP contribution is 2.65. The van der Waals surface area contributed by atoms with E-state index >= 15 is 0 Å². The van der Waals surface area contributed by atoms with Crippen LogP contribution in [-0.4, -0.2) is 47.0 Å². The molecule has 4 nitrogen and oxygen atoms in total. The average Bonchev–Trinajstić information content (AvgIpc) is 3.32. The Bertz CT molecular complexity index is 962. The Morgan fingerprint density at radius 3 is 2.69 bits per heavy atom. The third-order valence-corrected chi connectivity index (χ3v) is 11.4. The van der Waals surface area contributed by atoms with E-state index in [0.717, 1.165) is 44.4 Å². The number of hydrogen-bond donors (Lipinski definition) is 2. The van der Waals surface area contributed by atoms with Crippen LogP contribution >= 0.6 is 0 Å². The quantitative estimate of drug-likeness (QED) is 0.689. The van der Waals surface area contributed by atoms with Gasteiger partial charge in [0.15, 0.2) is 0 Å². The number of aliphatic hydroxyl groups excluding tert-OH is 2. The molecule has 0 aromatic heterocycles. The number of methoxy groups -OCH3 is 1. The van der Waals surface area contributed by atoms with Crippen molar-refractivity contribution in [3.05, 3.63) is 34.4 Å². The van der Waals surface area contributed by atoms with Gasteiger partial charge in [-0.3, -0.25) is 4.90 Å². The zero-order valence-electron chi connectivity index (χ0n) is 19.9. The number of piperidine rings is 1. The number of rotatable bonds is 1. The molecule has 2 saturated carbocycles. The van der Waals surface area contributed by atoms with Gasteiger partial charge in [0.05, 0.1) is 12.2 Å². The second kappa shape index (κ2) is 6.59. The molecule has 0 radical (unpaired) electrons. The Labute approximate surface area is 192 Å².